The Morgan fingerprint density at radius 3 is 2.68 bits per heavy atom. The largest absolute Gasteiger partial charge is 0.457 e. The predicted molar refractivity (Wildman–Crippen MR) is 136 cm³/mol. The highest BCUT2D eigenvalue weighted by molar-refractivity contribution is 5.80. The van der Waals surface area contributed by atoms with Crippen LogP contribution in [0.3, 0.4) is 0 Å². The van der Waals surface area contributed by atoms with Gasteiger partial charge in [0.1, 0.15) is 17.2 Å². The minimum atomic E-state index is -0.203. The first kappa shape index (κ1) is 21.9. The van der Waals surface area contributed by atoms with Gasteiger partial charge in [-0.15, -0.1) is 0 Å². The van der Waals surface area contributed by atoms with E-state index in [1.54, 1.807) is 18.6 Å². The van der Waals surface area contributed by atoms with Gasteiger partial charge in [0.25, 0.3) is 0 Å². The number of rotatable bonds is 5. The van der Waals surface area contributed by atoms with E-state index in [2.05, 4.69) is 70.8 Å². The quantitative estimate of drug-likeness (QED) is 0.372. The molecule has 4 aromatic rings. The first-order valence-corrected chi connectivity index (χ1v) is 11.5. The van der Waals surface area contributed by atoms with Gasteiger partial charge in [-0.3, -0.25) is 4.98 Å². The standard InChI is InChI=1S/C27H30N6O/c1-26(2,3)18-7-6-11-27(4,17-18)32-25-31-21-15-19(8-9-23(21)33(25)5)34-20-10-12-28-22(16-20)24-29-13-14-30-24/h6-16H,17H2,1-5H3,(H,29,30)(H,31,32). The zero-order chi connectivity index (χ0) is 23.9. The number of nitrogens with one attached hydrogen (secondary N) is 2. The number of fused-ring (bicyclic) bond motifs is 1. The maximum Gasteiger partial charge on any atom is 0.204 e. The Balaban J connectivity index is 1.38. The summed E-state index contributed by atoms with van der Waals surface area (Å²) in [5.74, 6) is 2.95. The lowest BCUT2D eigenvalue weighted by atomic mass is 9.76. The molecule has 0 radical (unpaired) electrons. The molecule has 1 atom stereocenters. The molecule has 174 valence electrons. The third-order valence-electron chi connectivity index (χ3n) is 6.24. The molecule has 7 heteroatoms. The zero-order valence-corrected chi connectivity index (χ0v) is 20.3. The molecular formula is C27H30N6O. The number of hydrogen-bond acceptors (Lipinski definition) is 5. The van der Waals surface area contributed by atoms with Crippen molar-refractivity contribution < 1.29 is 4.74 Å². The Labute approximate surface area is 199 Å². The van der Waals surface area contributed by atoms with E-state index in [1.807, 2.05) is 37.4 Å². The average molecular weight is 455 g/mol. The Morgan fingerprint density at radius 2 is 1.91 bits per heavy atom. The summed E-state index contributed by atoms with van der Waals surface area (Å²) >= 11 is 0. The van der Waals surface area contributed by atoms with Gasteiger partial charge in [-0.05, 0) is 37.0 Å². The van der Waals surface area contributed by atoms with Gasteiger partial charge >= 0.3 is 0 Å². The summed E-state index contributed by atoms with van der Waals surface area (Å²) in [5, 5.41) is 3.67. The molecule has 0 aliphatic heterocycles. The van der Waals surface area contributed by atoms with Crippen LogP contribution in [0.5, 0.6) is 11.5 Å². The molecule has 1 unspecified atom stereocenters. The Morgan fingerprint density at radius 1 is 1.09 bits per heavy atom. The molecule has 0 spiro atoms. The molecule has 3 heterocycles. The van der Waals surface area contributed by atoms with E-state index in [0.29, 0.717) is 11.6 Å². The van der Waals surface area contributed by atoms with Crippen LogP contribution in [-0.4, -0.2) is 30.0 Å². The van der Waals surface area contributed by atoms with E-state index in [0.717, 1.165) is 34.8 Å². The van der Waals surface area contributed by atoms with Crippen molar-refractivity contribution in [3.63, 3.8) is 0 Å². The molecule has 0 fully saturated rings. The second-order valence-corrected chi connectivity index (χ2v) is 10.1. The summed E-state index contributed by atoms with van der Waals surface area (Å²) in [4.78, 5) is 16.6. The van der Waals surface area contributed by atoms with Crippen LogP contribution < -0.4 is 10.1 Å². The first-order chi connectivity index (χ1) is 16.2. The maximum absolute atomic E-state index is 6.13. The van der Waals surface area contributed by atoms with Crippen molar-refractivity contribution in [1.82, 2.24) is 24.5 Å². The molecule has 2 N–H and O–H groups in total. The second-order valence-electron chi connectivity index (χ2n) is 10.1. The Hall–Kier alpha value is -3.87. The zero-order valence-electron chi connectivity index (χ0n) is 20.3. The molecule has 1 aliphatic rings. The number of hydrogen-bond donors (Lipinski definition) is 2. The summed E-state index contributed by atoms with van der Waals surface area (Å²) < 4.78 is 8.22. The SMILES string of the molecule is Cn1c(NC2(C)C=CC=C(C(C)(C)C)C2)nc2cc(Oc3ccnc(-c4ncc[nH]4)c3)ccc21. The molecule has 0 saturated heterocycles. The fourth-order valence-corrected chi connectivity index (χ4v) is 4.25. The van der Waals surface area contributed by atoms with Crippen LogP contribution in [0.2, 0.25) is 0 Å². The smallest absolute Gasteiger partial charge is 0.204 e. The van der Waals surface area contributed by atoms with E-state index in [4.69, 9.17) is 9.72 Å². The topological polar surface area (TPSA) is 80.7 Å². The number of ether oxygens (including phenoxy) is 1. The van der Waals surface area contributed by atoms with Gasteiger partial charge in [0, 0.05) is 37.8 Å². The van der Waals surface area contributed by atoms with Crippen molar-refractivity contribution in [2.24, 2.45) is 12.5 Å². The van der Waals surface area contributed by atoms with Crippen LogP contribution in [0, 0.1) is 5.41 Å². The summed E-state index contributed by atoms with van der Waals surface area (Å²) in [7, 11) is 2.03. The lowest BCUT2D eigenvalue weighted by Gasteiger charge is -2.36. The van der Waals surface area contributed by atoms with Gasteiger partial charge in [0.05, 0.1) is 16.6 Å². The fourth-order valence-electron chi connectivity index (χ4n) is 4.25. The molecule has 3 aromatic heterocycles. The van der Waals surface area contributed by atoms with Crippen LogP contribution in [-0.2, 0) is 7.05 Å². The summed E-state index contributed by atoms with van der Waals surface area (Å²) in [6.07, 6.45) is 12.7. The molecule has 5 rings (SSSR count). The molecule has 0 saturated carbocycles. The van der Waals surface area contributed by atoms with Gasteiger partial charge < -0.3 is 19.6 Å². The minimum Gasteiger partial charge on any atom is -0.457 e. The molecule has 0 bridgehead atoms. The second kappa shape index (κ2) is 8.17. The number of benzene rings is 1. The monoisotopic (exact) mass is 454 g/mol. The lowest BCUT2D eigenvalue weighted by molar-refractivity contribution is 0.447. The number of aromatic amines is 1. The highest BCUT2D eigenvalue weighted by atomic mass is 16.5. The highest BCUT2D eigenvalue weighted by Crippen LogP contribution is 2.37. The van der Waals surface area contributed by atoms with Crippen LogP contribution in [0.4, 0.5) is 5.95 Å². The Bertz CT molecular complexity index is 1390. The maximum atomic E-state index is 6.13. The first-order valence-electron chi connectivity index (χ1n) is 11.5. The summed E-state index contributed by atoms with van der Waals surface area (Å²) in [6, 6.07) is 9.66. The van der Waals surface area contributed by atoms with E-state index < -0.39 is 0 Å². The number of pyridine rings is 1. The fraction of sp³-hybridized carbons (Fsp3) is 0.296. The number of nitrogens with zero attached hydrogens (tertiary/aromatic N) is 4. The Kier molecular flexibility index (Phi) is 5.27. The van der Waals surface area contributed by atoms with E-state index in [-0.39, 0.29) is 11.0 Å². The molecule has 34 heavy (non-hydrogen) atoms. The van der Waals surface area contributed by atoms with Gasteiger partial charge in [0.2, 0.25) is 5.95 Å². The average Bonchev–Trinajstić information content (AvgIpc) is 3.42. The molecule has 7 nitrogen and oxygen atoms in total. The third kappa shape index (κ3) is 4.33. The molecular weight excluding hydrogens is 424 g/mol. The summed E-state index contributed by atoms with van der Waals surface area (Å²) in [5.41, 5.74) is 3.99. The van der Waals surface area contributed by atoms with Crippen molar-refractivity contribution in [3.8, 4) is 23.0 Å². The predicted octanol–water partition coefficient (Wildman–Crippen LogP) is 6.25. The van der Waals surface area contributed by atoms with Crippen LogP contribution >= 0.6 is 0 Å². The highest BCUT2D eigenvalue weighted by Gasteiger charge is 2.30. The van der Waals surface area contributed by atoms with E-state index in [9.17, 15) is 0 Å². The number of imidazole rings is 2. The van der Waals surface area contributed by atoms with Crippen molar-refractivity contribution in [3.05, 3.63) is 72.7 Å². The normalized spacial score (nSPS) is 18.2. The van der Waals surface area contributed by atoms with Gasteiger partial charge in [-0.1, -0.05) is 44.6 Å². The number of allylic oxidation sites excluding steroid dienone is 2. The van der Waals surface area contributed by atoms with Crippen LogP contribution in [0.15, 0.2) is 72.7 Å². The van der Waals surface area contributed by atoms with Crippen molar-refractivity contribution in [1.29, 1.82) is 0 Å². The van der Waals surface area contributed by atoms with Gasteiger partial charge in [-0.25, -0.2) is 9.97 Å². The van der Waals surface area contributed by atoms with Crippen molar-refractivity contribution in [2.45, 2.75) is 39.7 Å². The lowest BCUT2D eigenvalue weighted by Crippen LogP contribution is -2.37. The minimum absolute atomic E-state index is 0.135. The van der Waals surface area contributed by atoms with Crippen molar-refractivity contribution in [2.75, 3.05) is 5.32 Å². The molecule has 1 aromatic carbocycles. The molecule has 1 aliphatic carbocycles. The number of aromatic nitrogens is 5. The number of anilines is 1. The van der Waals surface area contributed by atoms with Crippen LogP contribution in [0.1, 0.15) is 34.1 Å². The van der Waals surface area contributed by atoms with Gasteiger partial charge in [-0.2, -0.15) is 0 Å². The summed E-state index contributed by atoms with van der Waals surface area (Å²) in [6.45, 7) is 9.00. The van der Waals surface area contributed by atoms with Gasteiger partial charge in [0.15, 0.2) is 5.82 Å². The number of H-pyrrole nitrogens is 1. The molecule has 0 amide bonds. The van der Waals surface area contributed by atoms with Crippen LogP contribution in [0.25, 0.3) is 22.6 Å². The third-order valence-corrected chi connectivity index (χ3v) is 6.24. The van der Waals surface area contributed by atoms with E-state index in [1.165, 1.54) is 5.57 Å². The van der Waals surface area contributed by atoms with Crippen molar-refractivity contribution >= 4 is 17.0 Å². The van der Waals surface area contributed by atoms with E-state index >= 15 is 0 Å². The number of aryl methyl sites for hydroxylation is 1.